The third kappa shape index (κ3) is 3.75. The number of nitrogens with one attached hydrogen (secondary N) is 1. The summed E-state index contributed by atoms with van der Waals surface area (Å²) < 4.78 is 5.79. The molecule has 1 atom stereocenters. The quantitative estimate of drug-likeness (QED) is 0.869. The SMILES string of the molecule is C=C[C@H](c1cc(C)c(C)o1)N1CCNCC1.Cl.Cl. The zero-order chi connectivity index (χ0) is 11.5. The molecule has 1 fully saturated rings. The lowest BCUT2D eigenvalue weighted by molar-refractivity contribution is 0.184. The highest BCUT2D eigenvalue weighted by Crippen LogP contribution is 2.26. The number of piperazine rings is 1. The Morgan fingerprint density at radius 1 is 1.33 bits per heavy atom. The van der Waals surface area contributed by atoms with Gasteiger partial charge in [0.05, 0.1) is 6.04 Å². The van der Waals surface area contributed by atoms with Crippen molar-refractivity contribution >= 4 is 24.8 Å². The van der Waals surface area contributed by atoms with Crippen LogP contribution in [0.5, 0.6) is 0 Å². The predicted octanol–water partition coefficient (Wildman–Crippen LogP) is 2.87. The molecule has 0 saturated carbocycles. The first kappa shape index (κ1) is 17.5. The Kier molecular flexibility index (Phi) is 7.64. The van der Waals surface area contributed by atoms with Gasteiger partial charge in [0.25, 0.3) is 0 Å². The van der Waals surface area contributed by atoms with Crippen molar-refractivity contribution in [2.75, 3.05) is 26.2 Å². The molecule has 0 amide bonds. The molecule has 1 aromatic heterocycles. The molecule has 0 bridgehead atoms. The highest BCUT2D eigenvalue weighted by Gasteiger charge is 2.22. The summed E-state index contributed by atoms with van der Waals surface area (Å²) in [6.45, 7) is 12.2. The van der Waals surface area contributed by atoms with E-state index >= 15 is 0 Å². The molecule has 0 unspecified atom stereocenters. The van der Waals surface area contributed by atoms with Crippen LogP contribution in [-0.2, 0) is 0 Å². The van der Waals surface area contributed by atoms with Crippen LogP contribution >= 0.6 is 24.8 Å². The Balaban J connectivity index is 0.00000144. The summed E-state index contributed by atoms with van der Waals surface area (Å²) in [7, 11) is 0. The third-order valence-corrected chi connectivity index (χ3v) is 3.24. The summed E-state index contributed by atoms with van der Waals surface area (Å²) in [5.74, 6) is 2.03. The Morgan fingerprint density at radius 3 is 2.39 bits per heavy atom. The summed E-state index contributed by atoms with van der Waals surface area (Å²) in [5.41, 5.74) is 1.22. The molecule has 2 heterocycles. The summed E-state index contributed by atoms with van der Waals surface area (Å²) >= 11 is 0. The second-order valence-electron chi connectivity index (χ2n) is 4.35. The Morgan fingerprint density at radius 2 is 1.94 bits per heavy atom. The number of halogens is 2. The van der Waals surface area contributed by atoms with E-state index < -0.39 is 0 Å². The van der Waals surface area contributed by atoms with E-state index in [1.54, 1.807) is 0 Å². The van der Waals surface area contributed by atoms with Crippen LogP contribution in [0, 0.1) is 13.8 Å². The van der Waals surface area contributed by atoms with Crippen molar-refractivity contribution in [2.45, 2.75) is 19.9 Å². The van der Waals surface area contributed by atoms with Gasteiger partial charge in [-0.25, -0.2) is 0 Å². The number of hydrogen-bond acceptors (Lipinski definition) is 3. The molecule has 1 aliphatic rings. The summed E-state index contributed by atoms with van der Waals surface area (Å²) in [4.78, 5) is 2.40. The molecule has 1 aromatic rings. The van der Waals surface area contributed by atoms with Gasteiger partial charge in [0, 0.05) is 26.2 Å². The topological polar surface area (TPSA) is 28.4 Å². The van der Waals surface area contributed by atoms with Crippen LogP contribution in [0.25, 0.3) is 0 Å². The largest absolute Gasteiger partial charge is 0.464 e. The number of nitrogens with zero attached hydrogens (tertiary/aromatic N) is 1. The molecule has 0 aromatic carbocycles. The zero-order valence-corrected chi connectivity index (χ0v) is 12.6. The molecule has 0 spiro atoms. The Hall–Kier alpha value is -0.480. The van der Waals surface area contributed by atoms with Gasteiger partial charge >= 0.3 is 0 Å². The minimum absolute atomic E-state index is 0. The van der Waals surface area contributed by atoms with Crippen molar-refractivity contribution in [1.29, 1.82) is 0 Å². The maximum absolute atomic E-state index is 5.79. The van der Waals surface area contributed by atoms with Crippen molar-refractivity contribution in [3.63, 3.8) is 0 Å². The highest BCUT2D eigenvalue weighted by atomic mass is 35.5. The lowest BCUT2D eigenvalue weighted by atomic mass is 10.1. The van der Waals surface area contributed by atoms with Crippen molar-refractivity contribution in [3.05, 3.63) is 35.8 Å². The van der Waals surface area contributed by atoms with E-state index in [1.165, 1.54) is 5.56 Å². The van der Waals surface area contributed by atoms with Crippen LogP contribution in [0.3, 0.4) is 0 Å². The fraction of sp³-hybridized carbons (Fsp3) is 0.538. The standard InChI is InChI=1S/C13H20N2O.2ClH/c1-4-12(15-7-5-14-6-8-15)13-9-10(2)11(3)16-13;;/h4,9,12,14H,1,5-8H2,2-3H3;2*1H/t12-;;/m1../s1. The van der Waals surface area contributed by atoms with Gasteiger partial charge in [-0.05, 0) is 25.5 Å². The van der Waals surface area contributed by atoms with Crippen molar-refractivity contribution in [3.8, 4) is 0 Å². The van der Waals surface area contributed by atoms with Gasteiger partial charge in [-0.3, -0.25) is 4.90 Å². The molecule has 2 rings (SSSR count). The van der Waals surface area contributed by atoms with Crippen molar-refractivity contribution in [1.82, 2.24) is 10.2 Å². The molecule has 5 heteroatoms. The molecule has 3 nitrogen and oxygen atoms in total. The van der Waals surface area contributed by atoms with E-state index in [0.717, 1.165) is 37.7 Å². The van der Waals surface area contributed by atoms with E-state index in [9.17, 15) is 0 Å². The molecule has 0 radical (unpaired) electrons. The first-order valence-electron chi connectivity index (χ1n) is 5.86. The number of furan rings is 1. The number of aryl methyl sites for hydroxylation is 2. The van der Waals surface area contributed by atoms with Crippen LogP contribution in [0.4, 0.5) is 0 Å². The van der Waals surface area contributed by atoms with Gasteiger partial charge < -0.3 is 9.73 Å². The van der Waals surface area contributed by atoms with Gasteiger partial charge in [-0.1, -0.05) is 6.08 Å². The van der Waals surface area contributed by atoms with Crippen molar-refractivity contribution < 1.29 is 4.42 Å². The smallest absolute Gasteiger partial charge is 0.125 e. The van der Waals surface area contributed by atoms with Gasteiger partial charge in [-0.15, -0.1) is 31.4 Å². The summed E-state index contributed by atoms with van der Waals surface area (Å²) in [5, 5.41) is 3.36. The molecule has 104 valence electrons. The number of hydrogen-bond donors (Lipinski definition) is 1. The van der Waals surface area contributed by atoms with Crippen LogP contribution in [0.1, 0.15) is 23.1 Å². The third-order valence-electron chi connectivity index (χ3n) is 3.24. The molecule has 1 saturated heterocycles. The second kappa shape index (κ2) is 7.85. The lowest BCUT2D eigenvalue weighted by Crippen LogP contribution is -2.44. The second-order valence-corrected chi connectivity index (χ2v) is 4.35. The molecular formula is C13H22Cl2N2O. The van der Waals surface area contributed by atoms with Crippen LogP contribution in [-0.4, -0.2) is 31.1 Å². The van der Waals surface area contributed by atoms with E-state index in [0.29, 0.717) is 0 Å². The van der Waals surface area contributed by atoms with E-state index in [-0.39, 0.29) is 30.9 Å². The van der Waals surface area contributed by atoms with Gasteiger partial charge in [0.2, 0.25) is 0 Å². The predicted molar refractivity (Wildman–Crippen MR) is 80.1 cm³/mol. The molecule has 18 heavy (non-hydrogen) atoms. The molecular weight excluding hydrogens is 271 g/mol. The van der Waals surface area contributed by atoms with Gasteiger partial charge in [0.1, 0.15) is 11.5 Å². The Bertz CT molecular complexity index is 354. The van der Waals surface area contributed by atoms with E-state index in [2.05, 4.69) is 29.8 Å². The maximum Gasteiger partial charge on any atom is 0.125 e. The Labute approximate surface area is 121 Å². The summed E-state index contributed by atoms with van der Waals surface area (Å²) in [6, 6.07) is 2.35. The van der Waals surface area contributed by atoms with Crippen LogP contribution in [0.15, 0.2) is 23.1 Å². The molecule has 1 N–H and O–H groups in total. The van der Waals surface area contributed by atoms with Crippen LogP contribution in [0.2, 0.25) is 0 Å². The first-order chi connectivity index (χ1) is 7.72. The van der Waals surface area contributed by atoms with Crippen molar-refractivity contribution in [2.24, 2.45) is 0 Å². The molecule has 0 aliphatic carbocycles. The van der Waals surface area contributed by atoms with Gasteiger partial charge in [-0.2, -0.15) is 0 Å². The molecule has 1 aliphatic heterocycles. The average molecular weight is 293 g/mol. The summed E-state index contributed by atoms with van der Waals surface area (Å²) in [6.07, 6.45) is 1.98. The monoisotopic (exact) mass is 292 g/mol. The highest BCUT2D eigenvalue weighted by molar-refractivity contribution is 5.85. The van der Waals surface area contributed by atoms with E-state index in [4.69, 9.17) is 4.42 Å². The minimum Gasteiger partial charge on any atom is -0.464 e. The normalized spacial score (nSPS) is 17.4. The maximum atomic E-state index is 5.79. The average Bonchev–Trinajstić information content (AvgIpc) is 2.61. The van der Waals surface area contributed by atoms with Crippen LogP contribution < -0.4 is 5.32 Å². The lowest BCUT2D eigenvalue weighted by Gasteiger charge is -2.31. The fourth-order valence-electron chi connectivity index (χ4n) is 2.15. The minimum atomic E-state index is 0. The van der Waals surface area contributed by atoms with Gasteiger partial charge in [0.15, 0.2) is 0 Å². The zero-order valence-electron chi connectivity index (χ0n) is 10.9. The number of rotatable bonds is 3. The van der Waals surface area contributed by atoms with E-state index in [1.807, 2.05) is 13.0 Å². The fourth-order valence-corrected chi connectivity index (χ4v) is 2.15. The first-order valence-corrected chi connectivity index (χ1v) is 5.86.